The van der Waals surface area contributed by atoms with Gasteiger partial charge in [-0.2, -0.15) is 0 Å². The third kappa shape index (κ3) is 1.44. The minimum Gasteiger partial charge on any atom is -0.146 e. The van der Waals surface area contributed by atoms with Crippen molar-refractivity contribution in [3.63, 3.8) is 0 Å². The van der Waals surface area contributed by atoms with E-state index in [2.05, 4.69) is 6.92 Å². The van der Waals surface area contributed by atoms with Crippen LogP contribution in [0, 0.1) is 5.92 Å². The molecule has 0 spiro atoms. The Morgan fingerprint density at radius 3 is 2.25 bits per heavy atom. The van der Waals surface area contributed by atoms with Crippen LogP contribution in [-0.4, -0.2) is 18.2 Å². The summed E-state index contributed by atoms with van der Waals surface area (Å²) >= 11 is 0. The Morgan fingerprint density at radius 1 is 1.38 bits per heavy atom. The molecule has 0 unspecified atom stereocenters. The van der Waals surface area contributed by atoms with Crippen LogP contribution in [0.5, 0.6) is 0 Å². The summed E-state index contributed by atoms with van der Waals surface area (Å²) in [4.78, 5) is 0. The molecule has 0 bridgehead atoms. The van der Waals surface area contributed by atoms with Crippen LogP contribution < -0.4 is 0 Å². The van der Waals surface area contributed by atoms with Gasteiger partial charge in [-0.15, -0.1) is 9.60 Å². The van der Waals surface area contributed by atoms with Gasteiger partial charge >= 0.3 is 0 Å². The summed E-state index contributed by atoms with van der Waals surface area (Å²) in [7, 11) is 0. The Balaban J connectivity index is 2.19. The van der Waals surface area contributed by atoms with E-state index < -0.39 is 0 Å². The van der Waals surface area contributed by atoms with Gasteiger partial charge in [0.2, 0.25) is 0 Å². The van der Waals surface area contributed by atoms with Crippen LogP contribution >= 0.6 is 0 Å². The summed E-state index contributed by atoms with van der Waals surface area (Å²) in [5, 5.41) is 0.903. The number of nitrogens with zero attached hydrogens (tertiary/aromatic N) is 1. The second-order valence-electron chi connectivity index (χ2n) is 2.59. The van der Waals surface area contributed by atoms with Crippen molar-refractivity contribution in [2.24, 2.45) is 5.92 Å². The van der Waals surface area contributed by atoms with Crippen molar-refractivity contribution in [2.75, 3.05) is 13.1 Å². The first-order valence-corrected chi connectivity index (χ1v) is 3.20. The predicted octanol–water partition coefficient (Wildman–Crippen LogP) is 1.60. The number of rotatable bonds is 0. The van der Waals surface area contributed by atoms with Crippen LogP contribution in [0.2, 0.25) is 0 Å². The number of hydrogen-bond donors (Lipinski definition) is 0. The molecule has 48 valence electrons. The molecule has 1 rings (SSSR count). The van der Waals surface area contributed by atoms with Gasteiger partial charge in [-0.1, -0.05) is 6.92 Å². The summed E-state index contributed by atoms with van der Waals surface area (Å²) in [5.74, 6) is 0.738. The fourth-order valence-electron chi connectivity index (χ4n) is 0.977. The Morgan fingerprint density at radius 2 is 1.88 bits per heavy atom. The fraction of sp³-hybridized carbons (Fsp3) is 1.00. The molecule has 0 aromatic rings. The van der Waals surface area contributed by atoms with Crippen LogP contribution in [0.15, 0.2) is 0 Å². The zero-order valence-corrected chi connectivity index (χ0v) is 5.23. The van der Waals surface area contributed by atoms with Crippen LogP contribution in [0.4, 0.5) is 4.48 Å². The molecule has 1 heterocycles. The van der Waals surface area contributed by atoms with Gasteiger partial charge < -0.3 is 0 Å². The zero-order chi connectivity index (χ0) is 5.98. The Kier molecular flexibility index (Phi) is 1.84. The van der Waals surface area contributed by atoms with Crippen molar-refractivity contribution in [3.8, 4) is 0 Å². The van der Waals surface area contributed by atoms with Crippen molar-refractivity contribution in [3.05, 3.63) is 0 Å². The van der Waals surface area contributed by atoms with E-state index in [9.17, 15) is 4.48 Å². The molecule has 0 saturated carbocycles. The van der Waals surface area contributed by atoms with E-state index >= 15 is 0 Å². The van der Waals surface area contributed by atoms with Crippen molar-refractivity contribution < 1.29 is 4.48 Å². The van der Waals surface area contributed by atoms with Gasteiger partial charge in [0.25, 0.3) is 0 Å². The zero-order valence-electron chi connectivity index (χ0n) is 5.23. The monoisotopic (exact) mass is 117 g/mol. The molecule has 0 aliphatic carbocycles. The van der Waals surface area contributed by atoms with Crippen LogP contribution in [-0.2, 0) is 0 Å². The highest BCUT2D eigenvalue weighted by Crippen LogP contribution is 2.15. The average Bonchev–Trinajstić information content (AvgIpc) is 1.77. The van der Waals surface area contributed by atoms with Gasteiger partial charge in [0, 0.05) is 13.1 Å². The summed E-state index contributed by atoms with van der Waals surface area (Å²) in [5.41, 5.74) is 0. The lowest BCUT2D eigenvalue weighted by molar-refractivity contribution is -0.00619. The van der Waals surface area contributed by atoms with Gasteiger partial charge in [-0.3, -0.25) is 0 Å². The van der Waals surface area contributed by atoms with Crippen molar-refractivity contribution in [1.29, 1.82) is 0 Å². The van der Waals surface area contributed by atoms with Gasteiger partial charge in [-0.05, 0) is 18.8 Å². The van der Waals surface area contributed by atoms with Gasteiger partial charge in [0.15, 0.2) is 0 Å². The minimum atomic E-state index is 0.640. The second-order valence-corrected chi connectivity index (χ2v) is 2.59. The SMILES string of the molecule is CC1CCN(F)CC1. The topological polar surface area (TPSA) is 3.24 Å². The molecule has 1 saturated heterocycles. The summed E-state index contributed by atoms with van der Waals surface area (Å²) in [6, 6.07) is 0. The van der Waals surface area contributed by atoms with Gasteiger partial charge in [-0.25, -0.2) is 0 Å². The fourth-order valence-corrected chi connectivity index (χ4v) is 0.977. The first kappa shape index (κ1) is 6.02. The van der Waals surface area contributed by atoms with E-state index in [-0.39, 0.29) is 0 Å². The molecule has 0 radical (unpaired) electrons. The average molecular weight is 117 g/mol. The van der Waals surface area contributed by atoms with Crippen molar-refractivity contribution in [2.45, 2.75) is 19.8 Å². The van der Waals surface area contributed by atoms with Crippen molar-refractivity contribution >= 4 is 0 Å². The smallest absolute Gasteiger partial charge is 0.0293 e. The molecule has 8 heavy (non-hydrogen) atoms. The van der Waals surface area contributed by atoms with E-state index in [1.165, 1.54) is 0 Å². The number of piperidine rings is 1. The maximum Gasteiger partial charge on any atom is 0.0293 e. The lowest BCUT2D eigenvalue weighted by Gasteiger charge is -2.22. The molecular formula is C6H12FN. The van der Waals surface area contributed by atoms with E-state index in [0.29, 0.717) is 13.1 Å². The lowest BCUT2D eigenvalue weighted by Crippen LogP contribution is -2.25. The molecule has 2 heteroatoms. The Hall–Kier alpha value is -0.110. The molecule has 0 aromatic heterocycles. The van der Waals surface area contributed by atoms with Crippen LogP contribution in [0.25, 0.3) is 0 Å². The highest BCUT2D eigenvalue weighted by molar-refractivity contribution is 4.62. The number of hydrogen-bond acceptors (Lipinski definition) is 1. The third-order valence-corrected chi connectivity index (χ3v) is 1.73. The largest absolute Gasteiger partial charge is 0.146 e. The first-order chi connectivity index (χ1) is 3.79. The maximum atomic E-state index is 12.2. The van der Waals surface area contributed by atoms with E-state index in [1.54, 1.807) is 0 Å². The summed E-state index contributed by atoms with van der Waals surface area (Å²) < 4.78 is 12.2. The predicted molar refractivity (Wildman–Crippen MR) is 31.1 cm³/mol. The maximum absolute atomic E-state index is 12.2. The Bertz CT molecular complexity index is 56.9. The standard InChI is InChI=1S/C6H12FN/c1-6-2-4-8(7)5-3-6/h6H,2-5H2,1H3. The molecule has 0 N–H and O–H groups in total. The lowest BCUT2D eigenvalue weighted by atomic mass is 10.0. The third-order valence-electron chi connectivity index (χ3n) is 1.73. The highest BCUT2D eigenvalue weighted by atomic mass is 19.2. The normalized spacial score (nSPS) is 26.2. The molecule has 1 aliphatic rings. The molecular weight excluding hydrogens is 105 g/mol. The van der Waals surface area contributed by atoms with Gasteiger partial charge in [0.05, 0.1) is 0 Å². The quantitative estimate of drug-likeness (QED) is 0.436. The molecule has 1 fully saturated rings. The summed E-state index contributed by atoms with van der Waals surface area (Å²) in [6.07, 6.45) is 2.05. The van der Waals surface area contributed by atoms with E-state index in [4.69, 9.17) is 0 Å². The molecule has 1 nitrogen and oxygen atoms in total. The Labute approximate surface area is 49.4 Å². The van der Waals surface area contributed by atoms with Crippen LogP contribution in [0.3, 0.4) is 0 Å². The van der Waals surface area contributed by atoms with E-state index in [1.807, 2.05) is 0 Å². The number of halogens is 1. The molecule has 0 amide bonds. The molecule has 0 atom stereocenters. The minimum absolute atomic E-state index is 0.640. The molecule has 1 aliphatic heterocycles. The second kappa shape index (κ2) is 2.44. The van der Waals surface area contributed by atoms with Crippen molar-refractivity contribution in [1.82, 2.24) is 5.12 Å². The summed E-state index contributed by atoms with van der Waals surface area (Å²) in [6.45, 7) is 3.45. The van der Waals surface area contributed by atoms with Gasteiger partial charge in [0.1, 0.15) is 0 Å². The molecule has 0 aromatic carbocycles. The highest BCUT2D eigenvalue weighted by Gasteiger charge is 2.13. The van der Waals surface area contributed by atoms with E-state index in [0.717, 1.165) is 23.9 Å². The van der Waals surface area contributed by atoms with Crippen LogP contribution in [0.1, 0.15) is 19.8 Å². The first-order valence-electron chi connectivity index (χ1n) is 3.20.